The highest BCUT2D eigenvalue weighted by Crippen LogP contribution is 2.49. The zero-order valence-electron chi connectivity index (χ0n) is 17.0. The Morgan fingerprint density at radius 3 is 1.22 bits per heavy atom. The molecule has 0 fully saturated rings. The smallest absolute Gasteiger partial charge is 0.202 e. The molecule has 0 spiro atoms. The van der Waals surface area contributed by atoms with Crippen LogP contribution in [0, 0.1) is 0 Å². The van der Waals surface area contributed by atoms with Gasteiger partial charge in [0.2, 0.25) is 11.6 Å². The molecule has 4 heteroatoms. The van der Waals surface area contributed by atoms with Gasteiger partial charge in [-0.25, -0.2) is 0 Å². The Morgan fingerprint density at radius 1 is 0.630 bits per heavy atom. The van der Waals surface area contributed by atoms with Gasteiger partial charge in [0.1, 0.15) is 0 Å². The van der Waals surface area contributed by atoms with Crippen LogP contribution in [-0.4, -0.2) is 11.6 Å². The normalized spacial score (nSPS) is 16.1. The number of carbonyl (C=O) groups excluding carboxylic acids is 2. The lowest BCUT2D eigenvalue weighted by atomic mass is 10.1. The monoisotopic (exact) mass is 400 g/mol. The molecule has 0 amide bonds. The average molecular weight is 401 g/mol. The predicted octanol–water partition coefficient (Wildman–Crippen LogP) is 7.64. The standard InChI is InChI=1S/C16H8O2S2.C3H8.2C2H6/c17-13-9-5-1-3-7-11(9)19-15(13)16-14(18)10-6-2-4-8-12(10)20-16;1-3-2;2*1-2/h1-8H;3H2,1-2H3;2*1-2H3/b16-15+;;;. The van der Waals surface area contributed by atoms with Crippen molar-refractivity contribution in [3.63, 3.8) is 0 Å². The summed E-state index contributed by atoms with van der Waals surface area (Å²) in [5.74, 6) is -0.0662. The van der Waals surface area contributed by atoms with E-state index in [0.717, 1.165) is 9.79 Å². The number of rotatable bonds is 0. The van der Waals surface area contributed by atoms with Crippen LogP contribution in [0.5, 0.6) is 0 Å². The number of Topliss-reactive ketones (excluding diaryl/α,β-unsaturated/α-hetero) is 2. The van der Waals surface area contributed by atoms with Crippen molar-refractivity contribution in [1.29, 1.82) is 0 Å². The third kappa shape index (κ3) is 5.14. The highest BCUT2D eigenvalue weighted by Gasteiger charge is 2.35. The topological polar surface area (TPSA) is 34.1 Å². The van der Waals surface area contributed by atoms with Crippen molar-refractivity contribution in [1.82, 2.24) is 0 Å². The van der Waals surface area contributed by atoms with Gasteiger partial charge in [0, 0.05) is 20.9 Å². The van der Waals surface area contributed by atoms with E-state index in [9.17, 15) is 9.59 Å². The summed E-state index contributed by atoms with van der Waals surface area (Å²) in [4.78, 5) is 27.9. The van der Waals surface area contributed by atoms with Crippen LogP contribution in [0.3, 0.4) is 0 Å². The van der Waals surface area contributed by atoms with Crippen LogP contribution >= 0.6 is 23.5 Å². The van der Waals surface area contributed by atoms with Crippen LogP contribution in [0.25, 0.3) is 0 Å². The third-order valence-electron chi connectivity index (χ3n) is 3.31. The largest absolute Gasteiger partial charge is 0.288 e. The van der Waals surface area contributed by atoms with Gasteiger partial charge in [0.15, 0.2) is 0 Å². The van der Waals surface area contributed by atoms with E-state index < -0.39 is 0 Å². The number of hydrogen-bond acceptors (Lipinski definition) is 4. The molecule has 0 bridgehead atoms. The molecule has 2 nitrogen and oxygen atoms in total. The summed E-state index contributed by atoms with van der Waals surface area (Å²) in [6.45, 7) is 12.2. The van der Waals surface area contributed by atoms with E-state index in [1.54, 1.807) is 0 Å². The van der Waals surface area contributed by atoms with Crippen LogP contribution in [0.1, 0.15) is 68.7 Å². The molecule has 2 aliphatic rings. The molecular formula is C23H28O2S2. The molecule has 144 valence electrons. The fourth-order valence-electron chi connectivity index (χ4n) is 2.34. The molecule has 0 aromatic heterocycles. The van der Waals surface area contributed by atoms with E-state index in [0.29, 0.717) is 20.9 Å². The molecular weight excluding hydrogens is 372 g/mol. The maximum atomic E-state index is 12.4. The molecule has 4 rings (SSSR count). The van der Waals surface area contributed by atoms with Gasteiger partial charge in [-0.2, -0.15) is 0 Å². The molecule has 0 aliphatic carbocycles. The molecule has 27 heavy (non-hydrogen) atoms. The van der Waals surface area contributed by atoms with Gasteiger partial charge < -0.3 is 0 Å². The number of benzene rings is 2. The first kappa shape index (κ1) is 23.3. The lowest BCUT2D eigenvalue weighted by molar-refractivity contribution is 0.101. The minimum atomic E-state index is -0.0331. The second-order valence-corrected chi connectivity index (χ2v) is 7.32. The first-order valence-electron chi connectivity index (χ1n) is 9.54. The van der Waals surface area contributed by atoms with E-state index in [4.69, 9.17) is 0 Å². The Kier molecular flexibility index (Phi) is 10.2. The van der Waals surface area contributed by atoms with Crippen molar-refractivity contribution in [3.05, 3.63) is 69.5 Å². The lowest BCUT2D eigenvalue weighted by Crippen LogP contribution is -2.01. The molecule has 0 atom stereocenters. The van der Waals surface area contributed by atoms with E-state index in [2.05, 4.69) is 13.8 Å². The Balaban J connectivity index is 0.000000466. The molecule has 2 aromatic rings. The second-order valence-electron chi connectivity index (χ2n) is 5.22. The fraction of sp³-hybridized carbons (Fsp3) is 0.304. The molecule has 2 aromatic carbocycles. The van der Waals surface area contributed by atoms with Gasteiger partial charge in [-0.05, 0) is 24.3 Å². The SMILES string of the molecule is CC.CC.CCC.O=C1/C(=C2\Sc3ccccc3C2=O)Sc2ccccc21. The molecule has 0 unspecified atom stereocenters. The predicted molar refractivity (Wildman–Crippen MR) is 119 cm³/mol. The number of fused-ring (bicyclic) bond motifs is 2. The summed E-state index contributed by atoms with van der Waals surface area (Å²) in [5.41, 5.74) is 1.40. The Hall–Kier alpha value is -1.78. The lowest BCUT2D eigenvalue weighted by Gasteiger charge is -1.98. The zero-order valence-corrected chi connectivity index (χ0v) is 18.6. The Labute approximate surface area is 171 Å². The number of carbonyl (C=O) groups is 2. The summed E-state index contributed by atoms with van der Waals surface area (Å²) >= 11 is 2.81. The van der Waals surface area contributed by atoms with Crippen LogP contribution in [0.15, 0.2) is 68.1 Å². The van der Waals surface area contributed by atoms with Gasteiger partial charge in [0.25, 0.3) is 0 Å². The summed E-state index contributed by atoms with van der Waals surface area (Å²) in [7, 11) is 0. The number of hydrogen-bond donors (Lipinski definition) is 0. The van der Waals surface area contributed by atoms with Crippen molar-refractivity contribution < 1.29 is 9.59 Å². The number of allylic oxidation sites excluding steroid dienone is 2. The molecule has 0 saturated carbocycles. The summed E-state index contributed by atoms with van der Waals surface area (Å²) < 4.78 is 0. The van der Waals surface area contributed by atoms with Crippen molar-refractivity contribution in [2.75, 3.05) is 0 Å². The van der Waals surface area contributed by atoms with Gasteiger partial charge in [-0.3, -0.25) is 9.59 Å². The van der Waals surface area contributed by atoms with Crippen LogP contribution < -0.4 is 0 Å². The third-order valence-corrected chi connectivity index (χ3v) is 5.77. The van der Waals surface area contributed by atoms with Crippen molar-refractivity contribution in [3.8, 4) is 0 Å². The van der Waals surface area contributed by atoms with E-state index in [1.165, 1.54) is 29.9 Å². The van der Waals surface area contributed by atoms with Gasteiger partial charge in [-0.1, -0.05) is 95.8 Å². The van der Waals surface area contributed by atoms with Crippen LogP contribution in [-0.2, 0) is 0 Å². The van der Waals surface area contributed by atoms with E-state index in [-0.39, 0.29) is 11.6 Å². The highest BCUT2D eigenvalue weighted by molar-refractivity contribution is 8.08. The summed E-state index contributed by atoms with van der Waals surface area (Å²) in [5, 5.41) is 0. The second kappa shape index (κ2) is 11.8. The molecule has 2 heterocycles. The first-order chi connectivity index (χ1) is 13.2. The Morgan fingerprint density at radius 2 is 0.926 bits per heavy atom. The Bertz CT molecular complexity index is 755. The summed E-state index contributed by atoms with van der Waals surface area (Å²) in [6, 6.07) is 15.0. The van der Waals surface area contributed by atoms with Crippen LogP contribution in [0.2, 0.25) is 0 Å². The van der Waals surface area contributed by atoms with Crippen LogP contribution in [0.4, 0.5) is 0 Å². The minimum Gasteiger partial charge on any atom is -0.288 e. The molecule has 2 aliphatic heterocycles. The van der Waals surface area contributed by atoms with E-state index in [1.807, 2.05) is 76.2 Å². The number of thioether (sulfide) groups is 2. The van der Waals surface area contributed by atoms with E-state index >= 15 is 0 Å². The number of ketones is 2. The highest BCUT2D eigenvalue weighted by atomic mass is 32.2. The molecule has 0 saturated heterocycles. The zero-order chi connectivity index (χ0) is 20.4. The molecule has 0 radical (unpaired) electrons. The summed E-state index contributed by atoms with van der Waals surface area (Å²) in [6.07, 6.45) is 1.25. The van der Waals surface area contributed by atoms with Crippen molar-refractivity contribution >= 4 is 35.1 Å². The minimum absolute atomic E-state index is 0.0331. The maximum Gasteiger partial charge on any atom is 0.202 e. The quantitative estimate of drug-likeness (QED) is 0.425. The fourth-order valence-corrected chi connectivity index (χ4v) is 4.64. The van der Waals surface area contributed by atoms with Gasteiger partial charge in [0.05, 0.1) is 9.81 Å². The van der Waals surface area contributed by atoms with Gasteiger partial charge >= 0.3 is 0 Å². The van der Waals surface area contributed by atoms with Crippen molar-refractivity contribution in [2.24, 2.45) is 0 Å². The maximum absolute atomic E-state index is 12.4. The molecule has 0 N–H and O–H groups in total. The first-order valence-corrected chi connectivity index (χ1v) is 11.2. The average Bonchev–Trinajstić information content (AvgIpc) is 3.23. The van der Waals surface area contributed by atoms with Crippen molar-refractivity contribution in [2.45, 2.75) is 57.8 Å². The van der Waals surface area contributed by atoms with Gasteiger partial charge in [-0.15, -0.1) is 0 Å².